The second-order valence-corrected chi connectivity index (χ2v) is 14.0. The van der Waals surface area contributed by atoms with Gasteiger partial charge in [-0.2, -0.15) is 0 Å². The van der Waals surface area contributed by atoms with E-state index in [1.165, 1.54) is 46.2 Å². The first-order chi connectivity index (χ1) is 23.9. The van der Waals surface area contributed by atoms with Gasteiger partial charge in [-0.25, -0.2) is 0 Å². The van der Waals surface area contributed by atoms with Crippen molar-refractivity contribution in [1.82, 2.24) is 15.1 Å². The predicted molar refractivity (Wildman–Crippen MR) is 191 cm³/mol. The van der Waals surface area contributed by atoms with Crippen LogP contribution in [0.3, 0.4) is 0 Å². The Labute approximate surface area is 289 Å². The highest BCUT2D eigenvalue weighted by molar-refractivity contribution is 5.67. The smallest absolute Gasteiger partial charge is 0.204 e. The number of benzene rings is 4. The third-order valence-corrected chi connectivity index (χ3v) is 11.0. The molecule has 1 aliphatic carbocycles. The molecular weight excluding hydrogens is 614 g/mol. The number of hydrogen-bond donors (Lipinski definition) is 1. The van der Waals surface area contributed by atoms with Gasteiger partial charge in [0.2, 0.25) is 5.75 Å². The van der Waals surface area contributed by atoms with Crippen LogP contribution in [0.25, 0.3) is 0 Å². The van der Waals surface area contributed by atoms with E-state index < -0.39 is 0 Å². The number of rotatable bonds is 6. The predicted octanol–water partition coefficient (Wildman–Crippen LogP) is 7.41. The van der Waals surface area contributed by atoms with Crippen molar-refractivity contribution >= 4 is 0 Å². The minimum Gasteiger partial charge on any atom is -0.493 e. The molecule has 9 rings (SSSR count). The highest BCUT2D eigenvalue weighted by Crippen LogP contribution is 2.53. The van der Waals surface area contributed by atoms with E-state index in [1.54, 1.807) is 21.3 Å². The van der Waals surface area contributed by atoms with Gasteiger partial charge < -0.3 is 29.0 Å². The highest BCUT2D eigenvalue weighted by atomic mass is 16.5. The standard InChI is InChI=1S/C41H47N3O5/c1-43-18-16-27-9-14-30-23-32(27)34(43)20-25-6-12-29(13-7-25)48-37-22-26(8-15-36(37)45-3)21-35-38-31(17-19-44(35)2)33(24-42-28-10-11-28)39(46-4)41(47-5)40(38)49-30/h6-9,12-15,22-23,28,34-35,42H,10-11,16-21,24H2,1-5H3/t34-,35-/m0/s1. The average Bonchev–Trinajstić information content (AvgIpc) is 3.95. The van der Waals surface area contributed by atoms with Gasteiger partial charge in [0.1, 0.15) is 11.5 Å². The van der Waals surface area contributed by atoms with Gasteiger partial charge in [0, 0.05) is 48.9 Å². The zero-order valence-electron chi connectivity index (χ0n) is 29.3. The van der Waals surface area contributed by atoms with Gasteiger partial charge in [0.05, 0.1) is 21.3 Å². The molecule has 8 heteroatoms. The van der Waals surface area contributed by atoms with Crippen molar-refractivity contribution in [2.24, 2.45) is 0 Å². The molecule has 0 amide bonds. The molecule has 1 N–H and O–H groups in total. The van der Waals surface area contributed by atoms with Crippen LogP contribution < -0.4 is 29.0 Å². The van der Waals surface area contributed by atoms with Crippen LogP contribution in [0.2, 0.25) is 0 Å². The first kappa shape index (κ1) is 32.0. The molecule has 6 bridgehead atoms. The van der Waals surface area contributed by atoms with E-state index in [9.17, 15) is 0 Å². The third kappa shape index (κ3) is 6.11. The van der Waals surface area contributed by atoms with E-state index in [0.717, 1.165) is 73.9 Å². The van der Waals surface area contributed by atoms with Crippen LogP contribution in [0.1, 0.15) is 63.9 Å². The first-order valence-corrected chi connectivity index (χ1v) is 17.6. The molecule has 1 saturated carbocycles. The number of likely N-dealkylation sites (N-methyl/N-ethyl adjacent to an activating group) is 2. The lowest BCUT2D eigenvalue weighted by Crippen LogP contribution is -2.35. The van der Waals surface area contributed by atoms with E-state index in [0.29, 0.717) is 23.3 Å². The fraction of sp³-hybridized carbons (Fsp3) is 0.415. The molecule has 4 heterocycles. The molecule has 1 fully saturated rings. The van der Waals surface area contributed by atoms with Crippen LogP contribution in [0.15, 0.2) is 60.7 Å². The number of methoxy groups -OCH3 is 3. The van der Waals surface area contributed by atoms with Gasteiger partial charge in [0.25, 0.3) is 0 Å². The molecule has 5 aliphatic rings. The normalized spacial score (nSPS) is 20.3. The summed E-state index contributed by atoms with van der Waals surface area (Å²) in [5.74, 6) is 5.16. The van der Waals surface area contributed by atoms with Gasteiger partial charge in [-0.05, 0) is 117 Å². The van der Waals surface area contributed by atoms with Gasteiger partial charge in [-0.3, -0.25) is 9.80 Å². The maximum atomic E-state index is 7.10. The zero-order chi connectivity index (χ0) is 33.6. The lowest BCUT2D eigenvalue weighted by Gasteiger charge is -2.38. The molecule has 4 aromatic carbocycles. The van der Waals surface area contributed by atoms with Crippen LogP contribution in [0.4, 0.5) is 0 Å². The lowest BCUT2D eigenvalue weighted by molar-refractivity contribution is 0.220. The topological polar surface area (TPSA) is 64.7 Å². The molecule has 4 aliphatic heterocycles. The quantitative estimate of drug-likeness (QED) is 0.229. The van der Waals surface area contributed by atoms with E-state index in [4.69, 9.17) is 23.7 Å². The Morgan fingerprint density at radius 2 is 1.45 bits per heavy atom. The number of nitrogens with zero attached hydrogens (tertiary/aromatic N) is 2. The Hall–Kier alpha value is -4.24. The molecule has 8 nitrogen and oxygen atoms in total. The number of fused-ring (bicyclic) bond motifs is 2. The van der Waals surface area contributed by atoms with Crippen molar-refractivity contribution in [2.75, 3.05) is 48.5 Å². The summed E-state index contributed by atoms with van der Waals surface area (Å²) < 4.78 is 31.8. The summed E-state index contributed by atoms with van der Waals surface area (Å²) in [6, 6.07) is 22.2. The Morgan fingerprint density at radius 3 is 2.20 bits per heavy atom. The summed E-state index contributed by atoms with van der Waals surface area (Å²) in [7, 11) is 9.60. The van der Waals surface area contributed by atoms with Gasteiger partial charge in [-0.1, -0.05) is 24.3 Å². The Kier molecular flexibility index (Phi) is 8.64. The summed E-state index contributed by atoms with van der Waals surface area (Å²) >= 11 is 0. The van der Waals surface area contributed by atoms with Gasteiger partial charge in [0.15, 0.2) is 23.0 Å². The minimum atomic E-state index is 0.0224. The molecule has 2 atom stereocenters. The molecule has 4 aromatic rings. The zero-order valence-corrected chi connectivity index (χ0v) is 29.3. The molecule has 0 spiro atoms. The van der Waals surface area contributed by atoms with Crippen LogP contribution in [0.5, 0.6) is 40.2 Å². The number of hydrogen-bond acceptors (Lipinski definition) is 8. The van der Waals surface area contributed by atoms with Crippen molar-refractivity contribution in [1.29, 1.82) is 0 Å². The highest BCUT2D eigenvalue weighted by Gasteiger charge is 2.37. The average molecular weight is 662 g/mol. The maximum Gasteiger partial charge on any atom is 0.204 e. The molecule has 0 radical (unpaired) electrons. The van der Waals surface area contributed by atoms with E-state index in [-0.39, 0.29) is 12.1 Å². The minimum absolute atomic E-state index is 0.0224. The molecule has 0 aromatic heterocycles. The second-order valence-electron chi connectivity index (χ2n) is 14.0. The summed E-state index contributed by atoms with van der Waals surface area (Å²) in [5, 5.41) is 3.76. The van der Waals surface area contributed by atoms with E-state index >= 15 is 0 Å². The molecule has 0 saturated heterocycles. The van der Waals surface area contributed by atoms with Crippen LogP contribution in [-0.4, -0.2) is 64.4 Å². The monoisotopic (exact) mass is 661 g/mol. The van der Waals surface area contributed by atoms with Crippen LogP contribution >= 0.6 is 0 Å². The SMILES string of the molecule is COc1ccc2cc1Oc1ccc(cc1)C[C@H]1c3cc(ccc3CCN1C)Oc1c(OC)c(OC)c(CNC3CC3)c3c1[C@H](C2)N(C)CC3. The lowest BCUT2D eigenvalue weighted by atomic mass is 9.84. The Morgan fingerprint density at radius 1 is 0.735 bits per heavy atom. The summed E-state index contributed by atoms with van der Waals surface area (Å²) in [6.07, 6.45) is 5.97. The summed E-state index contributed by atoms with van der Waals surface area (Å²) in [5.41, 5.74) is 8.72. The fourth-order valence-electron chi connectivity index (χ4n) is 8.03. The third-order valence-electron chi connectivity index (χ3n) is 11.0. The van der Waals surface area contributed by atoms with Crippen molar-refractivity contribution in [3.05, 3.63) is 99.6 Å². The fourth-order valence-corrected chi connectivity index (χ4v) is 8.03. The molecule has 0 unspecified atom stereocenters. The Bertz CT molecular complexity index is 1850. The largest absolute Gasteiger partial charge is 0.493 e. The van der Waals surface area contributed by atoms with Gasteiger partial charge >= 0.3 is 0 Å². The maximum absolute atomic E-state index is 7.10. The van der Waals surface area contributed by atoms with Crippen molar-refractivity contribution in [3.8, 4) is 40.2 Å². The summed E-state index contributed by atoms with van der Waals surface area (Å²) in [6.45, 7) is 2.66. The number of nitrogens with one attached hydrogen (secondary N) is 1. The van der Waals surface area contributed by atoms with Gasteiger partial charge in [-0.15, -0.1) is 0 Å². The molecule has 49 heavy (non-hydrogen) atoms. The van der Waals surface area contributed by atoms with E-state index in [2.05, 4.69) is 83.8 Å². The number of ether oxygens (including phenoxy) is 5. The molecular formula is C41H47N3O5. The van der Waals surface area contributed by atoms with E-state index in [1.807, 2.05) is 6.07 Å². The van der Waals surface area contributed by atoms with Crippen molar-refractivity contribution in [2.45, 2.75) is 63.2 Å². The first-order valence-electron chi connectivity index (χ1n) is 17.6. The van der Waals surface area contributed by atoms with Crippen LogP contribution in [0, 0.1) is 0 Å². The summed E-state index contributed by atoms with van der Waals surface area (Å²) in [4.78, 5) is 4.90. The Balaban J connectivity index is 1.34. The van der Waals surface area contributed by atoms with Crippen LogP contribution in [-0.2, 0) is 32.2 Å². The second kappa shape index (κ2) is 13.2. The molecule has 256 valence electrons. The van der Waals surface area contributed by atoms with Crippen molar-refractivity contribution in [3.63, 3.8) is 0 Å². The van der Waals surface area contributed by atoms with Crippen molar-refractivity contribution < 1.29 is 23.7 Å².